The molecule has 4 nitrogen and oxygen atoms in total. The van der Waals surface area contributed by atoms with Gasteiger partial charge in [0.25, 0.3) is 5.91 Å². The molecule has 0 saturated carbocycles. The zero-order valence-electron chi connectivity index (χ0n) is 10.0. The third kappa shape index (κ3) is 2.56. The van der Waals surface area contributed by atoms with E-state index in [1.807, 2.05) is 19.1 Å². The van der Waals surface area contributed by atoms with Gasteiger partial charge in [-0.15, -0.1) is 0 Å². The van der Waals surface area contributed by atoms with Crippen molar-refractivity contribution in [2.75, 3.05) is 13.1 Å². The number of benzene rings is 1. The first-order valence-corrected chi connectivity index (χ1v) is 6.56. The molecule has 18 heavy (non-hydrogen) atoms. The minimum Gasteiger partial charge on any atom is -0.481 e. The molecule has 1 unspecified atom stereocenters. The second kappa shape index (κ2) is 5.10. The highest BCUT2D eigenvalue weighted by molar-refractivity contribution is 9.10. The Hall–Kier alpha value is -1.36. The predicted molar refractivity (Wildman–Crippen MR) is 70.5 cm³/mol. The van der Waals surface area contributed by atoms with Crippen molar-refractivity contribution in [3.63, 3.8) is 0 Å². The van der Waals surface area contributed by atoms with Crippen LogP contribution in [0.4, 0.5) is 0 Å². The van der Waals surface area contributed by atoms with Crippen molar-refractivity contribution < 1.29 is 14.7 Å². The van der Waals surface area contributed by atoms with E-state index in [2.05, 4.69) is 15.9 Å². The molecule has 1 aliphatic rings. The van der Waals surface area contributed by atoms with Gasteiger partial charge in [-0.1, -0.05) is 6.07 Å². The molecule has 1 saturated heterocycles. The topological polar surface area (TPSA) is 57.6 Å². The zero-order valence-corrected chi connectivity index (χ0v) is 11.6. The lowest BCUT2D eigenvalue weighted by atomic mass is 10.1. The number of carbonyl (C=O) groups excluding carboxylic acids is 1. The number of rotatable bonds is 2. The fraction of sp³-hybridized carbons (Fsp3) is 0.385. The van der Waals surface area contributed by atoms with E-state index in [-0.39, 0.29) is 5.91 Å². The van der Waals surface area contributed by atoms with Crippen LogP contribution in [0.2, 0.25) is 0 Å². The number of carboxylic acids is 1. The van der Waals surface area contributed by atoms with Crippen molar-refractivity contribution in [2.45, 2.75) is 13.3 Å². The van der Waals surface area contributed by atoms with E-state index in [0.717, 1.165) is 10.0 Å². The molecule has 0 spiro atoms. The molecular formula is C13H14BrNO3. The van der Waals surface area contributed by atoms with Gasteiger partial charge < -0.3 is 10.0 Å². The summed E-state index contributed by atoms with van der Waals surface area (Å²) in [7, 11) is 0. The first kappa shape index (κ1) is 13.1. The summed E-state index contributed by atoms with van der Waals surface area (Å²) in [4.78, 5) is 24.7. The Morgan fingerprint density at radius 1 is 1.44 bits per heavy atom. The number of amides is 1. The number of aryl methyl sites for hydroxylation is 1. The Balaban J connectivity index is 2.15. The lowest BCUT2D eigenvalue weighted by Crippen LogP contribution is -2.30. The Bertz CT molecular complexity index is 501. The molecule has 1 atom stereocenters. The number of carboxylic acid groups (broad SMARTS) is 1. The van der Waals surface area contributed by atoms with E-state index in [1.54, 1.807) is 11.0 Å². The zero-order chi connectivity index (χ0) is 13.3. The van der Waals surface area contributed by atoms with Crippen molar-refractivity contribution in [3.05, 3.63) is 33.8 Å². The van der Waals surface area contributed by atoms with Crippen LogP contribution < -0.4 is 0 Å². The Morgan fingerprint density at radius 2 is 2.17 bits per heavy atom. The fourth-order valence-electron chi connectivity index (χ4n) is 2.11. The van der Waals surface area contributed by atoms with Crippen LogP contribution in [-0.2, 0) is 4.79 Å². The maximum atomic E-state index is 12.3. The van der Waals surface area contributed by atoms with Crippen LogP contribution in [0.3, 0.4) is 0 Å². The lowest BCUT2D eigenvalue weighted by Gasteiger charge is -2.16. The maximum absolute atomic E-state index is 12.3. The average molecular weight is 312 g/mol. The number of aliphatic carboxylic acids is 1. The van der Waals surface area contributed by atoms with Crippen molar-refractivity contribution >= 4 is 27.8 Å². The summed E-state index contributed by atoms with van der Waals surface area (Å²) < 4.78 is 0.756. The summed E-state index contributed by atoms with van der Waals surface area (Å²) in [6, 6.07) is 5.54. The SMILES string of the molecule is Cc1ccc(C(=O)N2CCC(C(=O)O)C2)c(Br)c1. The van der Waals surface area contributed by atoms with Gasteiger partial charge in [-0.3, -0.25) is 9.59 Å². The highest BCUT2D eigenvalue weighted by atomic mass is 79.9. The monoisotopic (exact) mass is 311 g/mol. The molecule has 2 rings (SSSR count). The second-order valence-corrected chi connectivity index (χ2v) is 5.41. The summed E-state index contributed by atoms with van der Waals surface area (Å²) in [5.41, 5.74) is 1.66. The van der Waals surface area contributed by atoms with E-state index >= 15 is 0 Å². The van der Waals surface area contributed by atoms with Crippen LogP contribution in [0, 0.1) is 12.8 Å². The molecule has 1 fully saturated rings. The van der Waals surface area contributed by atoms with Gasteiger partial charge in [0.2, 0.25) is 0 Å². The molecule has 1 aromatic carbocycles. The minimum atomic E-state index is -0.826. The molecule has 1 N–H and O–H groups in total. The molecule has 1 amide bonds. The Morgan fingerprint density at radius 3 is 2.72 bits per heavy atom. The molecule has 0 bridgehead atoms. The second-order valence-electron chi connectivity index (χ2n) is 4.56. The third-order valence-corrected chi connectivity index (χ3v) is 3.84. The first-order valence-electron chi connectivity index (χ1n) is 5.77. The molecule has 0 radical (unpaired) electrons. The van der Waals surface area contributed by atoms with Crippen LogP contribution in [0.1, 0.15) is 22.3 Å². The summed E-state index contributed by atoms with van der Waals surface area (Å²) in [5.74, 6) is -1.36. The van der Waals surface area contributed by atoms with Gasteiger partial charge in [0.15, 0.2) is 0 Å². The molecule has 1 heterocycles. The lowest BCUT2D eigenvalue weighted by molar-refractivity contribution is -0.141. The molecule has 0 aromatic heterocycles. The first-order chi connectivity index (χ1) is 8.49. The third-order valence-electron chi connectivity index (χ3n) is 3.18. The summed E-state index contributed by atoms with van der Waals surface area (Å²) in [6.45, 7) is 2.76. The van der Waals surface area contributed by atoms with Gasteiger partial charge in [-0.05, 0) is 47.0 Å². The van der Waals surface area contributed by atoms with E-state index in [0.29, 0.717) is 25.1 Å². The van der Waals surface area contributed by atoms with Crippen LogP contribution in [0.25, 0.3) is 0 Å². The highest BCUT2D eigenvalue weighted by Gasteiger charge is 2.31. The number of hydrogen-bond donors (Lipinski definition) is 1. The summed E-state index contributed by atoms with van der Waals surface area (Å²) in [6.07, 6.45) is 0.532. The van der Waals surface area contributed by atoms with Crippen LogP contribution in [0.15, 0.2) is 22.7 Å². The van der Waals surface area contributed by atoms with Crippen molar-refractivity contribution in [1.29, 1.82) is 0 Å². The number of nitrogens with zero attached hydrogens (tertiary/aromatic N) is 1. The molecular weight excluding hydrogens is 298 g/mol. The predicted octanol–water partition coefficient (Wildman–Crippen LogP) is 2.30. The number of hydrogen-bond acceptors (Lipinski definition) is 2. The van der Waals surface area contributed by atoms with Crippen molar-refractivity contribution in [3.8, 4) is 0 Å². The van der Waals surface area contributed by atoms with Crippen molar-refractivity contribution in [1.82, 2.24) is 4.90 Å². The molecule has 0 aliphatic carbocycles. The fourth-order valence-corrected chi connectivity index (χ4v) is 2.77. The minimum absolute atomic E-state index is 0.106. The standard InChI is InChI=1S/C13H14BrNO3/c1-8-2-3-10(11(14)6-8)12(16)15-5-4-9(7-15)13(17)18/h2-3,6,9H,4-5,7H2,1H3,(H,17,18). The normalized spacial score (nSPS) is 19.0. The number of likely N-dealkylation sites (tertiary alicyclic amines) is 1. The summed E-state index contributed by atoms with van der Waals surface area (Å²) in [5, 5.41) is 8.93. The van der Waals surface area contributed by atoms with Gasteiger partial charge in [-0.2, -0.15) is 0 Å². The number of halogens is 1. The quantitative estimate of drug-likeness (QED) is 0.911. The van der Waals surface area contributed by atoms with Crippen molar-refractivity contribution in [2.24, 2.45) is 5.92 Å². The Kier molecular flexibility index (Phi) is 3.71. The van der Waals surface area contributed by atoms with Gasteiger partial charge in [0.1, 0.15) is 0 Å². The van der Waals surface area contributed by atoms with E-state index in [1.165, 1.54) is 0 Å². The summed E-state index contributed by atoms with van der Waals surface area (Å²) >= 11 is 3.38. The van der Waals surface area contributed by atoms with Crippen LogP contribution in [0.5, 0.6) is 0 Å². The van der Waals surface area contributed by atoms with Gasteiger partial charge in [0, 0.05) is 17.6 Å². The van der Waals surface area contributed by atoms with Crippen LogP contribution in [-0.4, -0.2) is 35.0 Å². The Labute approximate surface area is 114 Å². The van der Waals surface area contributed by atoms with Crippen LogP contribution >= 0.6 is 15.9 Å². The molecule has 5 heteroatoms. The average Bonchev–Trinajstić information content (AvgIpc) is 2.77. The highest BCUT2D eigenvalue weighted by Crippen LogP contribution is 2.24. The molecule has 1 aliphatic heterocycles. The maximum Gasteiger partial charge on any atom is 0.308 e. The number of carbonyl (C=O) groups is 2. The van der Waals surface area contributed by atoms with Gasteiger partial charge in [-0.25, -0.2) is 0 Å². The van der Waals surface area contributed by atoms with Gasteiger partial charge in [0.05, 0.1) is 11.5 Å². The van der Waals surface area contributed by atoms with E-state index in [9.17, 15) is 9.59 Å². The van der Waals surface area contributed by atoms with Gasteiger partial charge >= 0.3 is 5.97 Å². The largest absolute Gasteiger partial charge is 0.481 e. The van der Waals surface area contributed by atoms with E-state index in [4.69, 9.17) is 5.11 Å². The molecule has 96 valence electrons. The molecule has 1 aromatic rings. The smallest absolute Gasteiger partial charge is 0.308 e. The van der Waals surface area contributed by atoms with E-state index < -0.39 is 11.9 Å².